The molecule has 2 nitrogen and oxygen atoms in total. The van der Waals surface area contributed by atoms with Crippen LogP contribution >= 0.6 is 11.9 Å². The second kappa shape index (κ2) is 13.3. The van der Waals surface area contributed by atoms with Crippen LogP contribution in [0, 0.1) is 0 Å². The van der Waals surface area contributed by atoms with Gasteiger partial charge in [-0.05, 0) is 47.9 Å². The summed E-state index contributed by atoms with van der Waals surface area (Å²) in [6.07, 6.45) is 16.1. The number of aromatic hydroxyl groups is 1. The van der Waals surface area contributed by atoms with E-state index in [4.69, 9.17) is 0 Å². The summed E-state index contributed by atoms with van der Waals surface area (Å²) in [5, 5.41) is 11.6. The zero-order chi connectivity index (χ0) is 15.9. The van der Waals surface area contributed by atoms with Crippen molar-refractivity contribution in [2.75, 3.05) is 0 Å². The summed E-state index contributed by atoms with van der Waals surface area (Å²) in [6.45, 7) is 2.25. The highest BCUT2D eigenvalue weighted by Gasteiger charge is 1.98. The number of rotatable bonds is 8. The summed E-state index contributed by atoms with van der Waals surface area (Å²) in [5.41, 5.74) is 1.09. The van der Waals surface area contributed by atoms with Crippen molar-refractivity contribution in [2.45, 2.75) is 58.3 Å². The predicted octanol–water partition coefficient (Wildman–Crippen LogP) is 5.95. The molecule has 0 fully saturated rings. The van der Waals surface area contributed by atoms with Crippen molar-refractivity contribution in [3.05, 3.63) is 53.6 Å². The molecule has 2 N–H and O–H groups in total. The van der Waals surface area contributed by atoms with Crippen LogP contribution < -0.4 is 4.72 Å². The molecular formula is C19H29NOS. The number of phenols is 1. The molecular weight excluding hydrogens is 290 g/mol. The van der Waals surface area contributed by atoms with E-state index >= 15 is 0 Å². The number of phenolic OH excluding ortho intramolecular Hbond substituents is 1. The number of allylic oxidation sites excluding steroid dienone is 2. The lowest BCUT2D eigenvalue weighted by Gasteiger charge is -2.04. The van der Waals surface area contributed by atoms with Crippen molar-refractivity contribution in [3.63, 3.8) is 0 Å². The molecule has 1 aromatic rings. The SMILES string of the molecule is C1=CNSC=C1.CCCCCCCCCc1ccccc1O. The van der Waals surface area contributed by atoms with Gasteiger partial charge >= 0.3 is 0 Å². The maximum absolute atomic E-state index is 9.58. The van der Waals surface area contributed by atoms with Crippen LogP contribution in [0.1, 0.15) is 57.4 Å². The zero-order valence-electron chi connectivity index (χ0n) is 13.6. The Bertz CT molecular complexity index is 431. The maximum Gasteiger partial charge on any atom is 0.118 e. The van der Waals surface area contributed by atoms with Gasteiger partial charge in [-0.3, -0.25) is 0 Å². The highest BCUT2D eigenvalue weighted by Crippen LogP contribution is 2.18. The average Bonchev–Trinajstić information content (AvgIpc) is 2.58. The highest BCUT2D eigenvalue weighted by atomic mass is 32.2. The van der Waals surface area contributed by atoms with E-state index in [-0.39, 0.29) is 0 Å². The normalized spacial score (nSPS) is 12.4. The van der Waals surface area contributed by atoms with Crippen molar-refractivity contribution in [1.82, 2.24) is 4.72 Å². The lowest BCUT2D eigenvalue weighted by atomic mass is 10.0. The molecule has 1 heterocycles. The van der Waals surface area contributed by atoms with Crippen LogP contribution in [0.25, 0.3) is 0 Å². The van der Waals surface area contributed by atoms with Gasteiger partial charge in [0.1, 0.15) is 5.75 Å². The van der Waals surface area contributed by atoms with E-state index in [0.717, 1.165) is 12.0 Å². The van der Waals surface area contributed by atoms with E-state index in [1.807, 2.05) is 42.0 Å². The second-order valence-corrected chi connectivity index (χ2v) is 6.17. The molecule has 2 rings (SSSR count). The van der Waals surface area contributed by atoms with Crippen LogP contribution in [-0.2, 0) is 6.42 Å². The standard InChI is InChI=1S/C15H24O.C4H5NS/c1-2-3-4-5-6-7-8-11-14-12-9-10-13-15(14)16;1-2-4-6-5-3-1/h9-10,12-13,16H,2-8,11H2,1H3;1-5H. The second-order valence-electron chi connectivity index (χ2n) is 5.42. The Morgan fingerprint density at radius 3 is 2.23 bits per heavy atom. The lowest BCUT2D eigenvalue weighted by molar-refractivity contribution is 0.466. The number of benzene rings is 1. The van der Waals surface area contributed by atoms with Gasteiger partial charge < -0.3 is 9.83 Å². The van der Waals surface area contributed by atoms with Crippen molar-refractivity contribution < 1.29 is 5.11 Å². The molecule has 0 spiro atoms. The van der Waals surface area contributed by atoms with Gasteiger partial charge in [-0.15, -0.1) is 0 Å². The van der Waals surface area contributed by atoms with E-state index in [1.165, 1.54) is 44.9 Å². The first-order valence-corrected chi connectivity index (χ1v) is 9.22. The van der Waals surface area contributed by atoms with E-state index in [1.54, 1.807) is 18.0 Å². The van der Waals surface area contributed by atoms with E-state index < -0.39 is 0 Å². The average molecular weight is 320 g/mol. The summed E-state index contributed by atoms with van der Waals surface area (Å²) in [7, 11) is 0. The molecule has 0 saturated heterocycles. The van der Waals surface area contributed by atoms with Crippen LogP contribution in [0.3, 0.4) is 0 Å². The minimum absolute atomic E-state index is 0.452. The van der Waals surface area contributed by atoms with E-state index in [2.05, 4.69) is 11.6 Å². The third-order valence-corrected chi connectivity index (χ3v) is 4.10. The first-order valence-electron chi connectivity index (χ1n) is 8.34. The third-order valence-electron chi connectivity index (χ3n) is 3.53. The Balaban J connectivity index is 0.000000335. The number of aryl methyl sites for hydroxylation is 1. The van der Waals surface area contributed by atoms with Crippen molar-refractivity contribution in [3.8, 4) is 5.75 Å². The largest absolute Gasteiger partial charge is 0.508 e. The molecule has 0 radical (unpaired) electrons. The van der Waals surface area contributed by atoms with Crippen LogP contribution in [0.5, 0.6) is 5.75 Å². The Kier molecular flexibility index (Phi) is 11.3. The van der Waals surface area contributed by atoms with Gasteiger partial charge in [0.25, 0.3) is 0 Å². The minimum Gasteiger partial charge on any atom is -0.508 e. The molecule has 0 aromatic heterocycles. The summed E-state index contributed by atoms with van der Waals surface area (Å²) >= 11 is 1.58. The molecule has 0 atom stereocenters. The van der Waals surface area contributed by atoms with E-state index in [0.29, 0.717) is 5.75 Å². The van der Waals surface area contributed by atoms with Gasteiger partial charge in [-0.1, -0.05) is 69.7 Å². The Morgan fingerprint density at radius 2 is 1.68 bits per heavy atom. The minimum atomic E-state index is 0.452. The van der Waals surface area contributed by atoms with Gasteiger partial charge in [0.05, 0.1) is 0 Å². The van der Waals surface area contributed by atoms with E-state index in [9.17, 15) is 5.11 Å². The van der Waals surface area contributed by atoms with Crippen LogP contribution in [-0.4, -0.2) is 5.11 Å². The molecule has 0 aliphatic carbocycles. The first-order chi connectivity index (χ1) is 10.8. The fourth-order valence-electron chi connectivity index (χ4n) is 2.25. The highest BCUT2D eigenvalue weighted by molar-refractivity contribution is 8.00. The summed E-state index contributed by atoms with van der Waals surface area (Å²) in [5.74, 6) is 0.452. The molecule has 1 aliphatic heterocycles. The van der Waals surface area contributed by atoms with Crippen molar-refractivity contribution >= 4 is 11.9 Å². The van der Waals surface area contributed by atoms with Gasteiger partial charge in [0.2, 0.25) is 0 Å². The monoisotopic (exact) mass is 319 g/mol. The Labute approximate surface area is 139 Å². The Hall–Kier alpha value is -1.35. The van der Waals surface area contributed by atoms with Gasteiger partial charge in [-0.2, -0.15) is 0 Å². The summed E-state index contributed by atoms with van der Waals surface area (Å²) < 4.78 is 2.93. The molecule has 0 amide bonds. The predicted molar refractivity (Wildman–Crippen MR) is 98.8 cm³/mol. The van der Waals surface area contributed by atoms with Gasteiger partial charge in [-0.25, -0.2) is 0 Å². The zero-order valence-corrected chi connectivity index (χ0v) is 14.4. The summed E-state index contributed by atoms with van der Waals surface area (Å²) in [4.78, 5) is 0. The number of para-hydroxylation sites is 1. The van der Waals surface area contributed by atoms with Gasteiger partial charge in [0, 0.05) is 6.20 Å². The molecule has 3 heteroatoms. The molecule has 0 unspecified atom stereocenters. The molecule has 122 valence electrons. The number of hydrogen-bond donors (Lipinski definition) is 2. The molecule has 0 bridgehead atoms. The van der Waals surface area contributed by atoms with Crippen LogP contribution in [0.2, 0.25) is 0 Å². The molecule has 0 saturated carbocycles. The number of unbranched alkanes of at least 4 members (excludes halogenated alkanes) is 6. The number of hydrogen-bond acceptors (Lipinski definition) is 3. The molecule has 22 heavy (non-hydrogen) atoms. The Morgan fingerprint density at radius 1 is 0.955 bits per heavy atom. The third kappa shape index (κ3) is 9.56. The quantitative estimate of drug-likeness (QED) is 0.458. The lowest BCUT2D eigenvalue weighted by Crippen LogP contribution is -1.88. The molecule has 1 aliphatic rings. The van der Waals surface area contributed by atoms with Gasteiger partial charge in [0.15, 0.2) is 0 Å². The topological polar surface area (TPSA) is 32.3 Å². The van der Waals surface area contributed by atoms with Crippen molar-refractivity contribution in [1.29, 1.82) is 0 Å². The maximum atomic E-state index is 9.58. The van der Waals surface area contributed by atoms with Crippen molar-refractivity contribution in [2.24, 2.45) is 0 Å². The van der Waals surface area contributed by atoms with Crippen LogP contribution in [0.15, 0.2) is 48.0 Å². The molecule has 1 aromatic carbocycles. The number of nitrogens with one attached hydrogen (secondary N) is 1. The smallest absolute Gasteiger partial charge is 0.118 e. The first kappa shape index (κ1) is 18.7. The van der Waals surface area contributed by atoms with Crippen LogP contribution in [0.4, 0.5) is 0 Å². The summed E-state index contributed by atoms with van der Waals surface area (Å²) in [6, 6.07) is 7.67. The fraction of sp³-hybridized carbons (Fsp3) is 0.474. The fourth-order valence-corrected chi connectivity index (χ4v) is 2.66.